The Bertz CT molecular complexity index is 632. The molecule has 3 rings (SSSR count). The van der Waals surface area contributed by atoms with Gasteiger partial charge in [0.15, 0.2) is 0 Å². The van der Waals surface area contributed by atoms with E-state index in [2.05, 4.69) is 54.6 Å². The Hall–Kier alpha value is -1.71. The van der Waals surface area contributed by atoms with Gasteiger partial charge in [-0.15, -0.1) is 0 Å². The highest BCUT2D eigenvalue weighted by Crippen LogP contribution is 2.40. The summed E-state index contributed by atoms with van der Waals surface area (Å²) in [6.07, 6.45) is 5.82. The Morgan fingerprint density at radius 3 is 2.62 bits per heavy atom. The predicted octanol–water partition coefficient (Wildman–Crippen LogP) is 3.52. The molecule has 0 saturated heterocycles. The molecule has 1 aromatic carbocycles. The minimum absolute atomic E-state index is 0.0394. The van der Waals surface area contributed by atoms with Crippen LogP contribution < -0.4 is 11.3 Å². The fraction of sp³-hybridized carbons (Fsp3) is 0.389. The van der Waals surface area contributed by atoms with Gasteiger partial charge in [-0.3, -0.25) is 10.8 Å². The highest BCUT2D eigenvalue weighted by atomic mass is 15.2. The average Bonchev–Trinajstić information content (AvgIpc) is 2.41. The third-order valence-electron chi connectivity index (χ3n) is 4.55. The molecule has 1 saturated carbocycles. The number of nitrogens with zero attached hydrogens (tertiary/aromatic N) is 1. The minimum Gasteiger partial charge on any atom is -0.271 e. The molecule has 1 unspecified atom stereocenters. The number of pyridine rings is 1. The van der Waals surface area contributed by atoms with Crippen LogP contribution in [-0.4, -0.2) is 4.98 Å². The van der Waals surface area contributed by atoms with E-state index in [-0.39, 0.29) is 6.04 Å². The van der Waals surface area contributed by atoms with Crippen LogP contribution in [0.2, 0.25) is 0 Å². The topological polar surface area (TPSA) is 50.9 Å². The zero-order valence-corrected chi connectivity index (χ0v) is 12.8. The first-order valence-corrected chi connectivity index (χ1v) is 7.69. The Morgan fingerprint density at radius 2 is 2.00 bits per heavy atom. The van der Waals surface area contributed by atoms with Crippen LogP contribution in [-0.2, 0) is 0 Å². The molecule has 110 valence electrons. The molecule has 21 heavy (non-hydrogen) atoms. The molecule has 3 N–H and O–H groups in total. The van der Waals surface area contributed by atoms with E-state index in [1.807, 2.05) is 6.20 Å². The first-order valence-electron chi connectivity index (χ1n) is 7.69. The lowest BCUT2D eigenvalue weighted by molar-refractivity contribution is 0.414. The van der Waals surface area contributed by atoms with Crippen molar-refractivity contribution in [2.24, 2.45) is 5.84 Å². The van der Waals surface area contributed by atoms with Crippen LogP contribution >= 0.6 is 0 Å². The maximum atomic E-state index is 5.88. The van der Waals surface area contributed by atoms with Crippen molar-refractivity contribution in [1.82, 2.24) is 10.4 Å². The van der Waals surface area contributed by atoms with E-state index < -0.39 is 0 Å². The number of nitrogens with two attached hydrogens (primary N) is 1. The van der Waals surface area contributed by atoms with E-state index in [1.165, 1.54) is 41.5 Å². The molecule has 1 fully saturated rings. The molecule has 1 heterocycles. The van der Waals surface area contributed by atoms with E-state index >= 15 is 0 Å². The maximum Gasteiger partial charge on any atom is 0.0886 e. The molecular formula is C18H23N3. The van der Waals surface area contributed by atoms with E-state index in [4.69, 9.17) is 5.84 Å². The second-order valence-electron chi connectivity index (χ2n) is 6.07. The van der Waals surface area contributed by atoms with Crippen molar-refractivity contribution in [2.75, 3.05) is 0 Å². The fourth-order valence-electron chi connectivity index (χ4n) is 3.21. The smallest absolute Gasteiger partial charge is 0.0886 e. The summed E-state index contributed by atoms with van der Waals surface area (Å²) in [7, 11) is 0. The maximum absolute atomic E-state index is 5.88. The van der Waals surface area contributed by atoms with Crippen molar-refractivity contribution >= 4 is 0 Å². The van der Waals surface area contributed by atoms with E-state index in [1.54, 1.807) is 0 Å². The summed E-state index contributed by atoms with van der Waals surface area (Å²) in [5, 5.41) is 0. The third kappa shape index (κ3) is 2.71. The van der Waals surface area contributed by atoms with Gasteiger partial charge in [-0.1, -0.05) is 36.8 Å². The molecule has 0 aliphatic heterocycles. The number of hydrazine groups is 1. The van der Waals surface area contributed by atoms with Gasteiger partial charge in [0.1, 0.15) is 0 Å². The van der Waals surface area contributed by atoms with Crippen molar-refractivity contribution in [3.63, 3.8) is 0 Å². The average molecular weight is 281 g/mol. The third-order valence-corrected chi connectivity index (χ3v) is 4.55. The van der Waals surface area contributed by atoms with E-state index in [0.717, 1.165) is 5.69 Å². The molecule has 3 heteroatoms. The van der Waals surface area contributed by atoms with Crippen molar-refractivity contribution in [3.8, 4) is 0 Å². The van der Waals surface area contributed by atoms with Crippen molar-refractivity contribution in [3.05, 3.63) is 64.5 Å². The summed E-state index contributed by atoms with van der Waals surface area (Å²) in [5.41, 5.74) is 9.05. The Morgan fingerprint density at radius 1 is 1.24 bits per heavy atom. The highest BCUT2D eigenvalue weighted by molar-refractivity contribution is 5.40. The Balaban J connectivity index is 2.03. The molecule has 0 spiro atoms. The number of aromatic nitrogens is 1. The van der Waals surface area contributed by atoms with Crippen LogP contribution in [0.3, 0.4) is 0 Å². The van der Waals surface area contributed by atoms with Gasteiger partial charge in [-0.25, -0.2) is 5.43 Å². The van der Waals surface area contributed by atoms with Crippen molar-refractivity contribution in [2.45, 2.75) is 45.1 Å². The molecule has 0 radical (unpaired) electrons. The van der Waals surface area contributed by atoms with E-state index in [0.29, 0.717) is 5.92 Å². The molecule has 0 amide bonds. The molecule has 1 aliphatic carbocycles. The van der Waals surface area contributed by atoms with Gasteiger partial charge in [0, 0.05) is 6.20 Å². The SMILES string of the molecule is Cc1cnc(C(NN)c2ccccc2C2CCC2)c(C)c1. The molecule has 1 aromatic heterocycles. The summed E-state index contributed by atoms with van der Waals surface area (Å²) in [6, 6.07) is 10.8. The lowest BCUT2D eigenvalue weighted by atomic mass is 9.76. The first kappa shape index (κ1) is 14.2. The minimum atomic E-state index is -0.0394. The number of aryl methyl sites for hydroxylation is 2. The van der Waals surface area contributed by atoms with Crippen LogP contribution in [0.25, 0.3) is 0 Å². The van der Waals surface area contributed by atoms with Crippen LogP contribution in [0, 0.1) is 13.8 Å². The van der Waals surface area contributed by atoms with Gasteiger partial charge in [0.2, 0.25) is 0 Å². The van der Waals surface area contributed by atoms with Gasteiger partial charge < -0.3 is 0 Å². The van der Waals surface area contributed by atoms with Crippen LogP contribution in [0.4, 0.5) is 0 Å². The molecule has 1 aliphatic rings. The number of hydrogen-bond donors (Lipinski definition) is 2. The van der Waals surface area contributed by atoms with Gasteiger partial charge in [-0.05, 0) is 54.9 Å². The first-order chi connectivity index (χ1) is 10.2. The van der Waals surface area contributed by atoms with Crippen LogP contribution in [0.15, 0.2) is 36.5 Å². The number of hydrogen-bond acceptors (Lipinski definition) is 3. The number of nitrogens with one attached hydrogen (secondary N) is 1. The highest BCUT2D eigenvalue weighted by Gasteiger charge is 2.26. The summed E-state index contributed by atoms with van der Waals surface area (Å²) >= 11 is 0. The monoisotopic (exact) mass is 281 g/mol. The van der Waals surface area contributed by atoms with Crippen molar-refractivity contribution < 1.29 is 0 Å². The molecule has 0 bridgehead atoms. The largest absolute Gasteiger partial charge is 0.271 e. The van der Waals surface area contributed by atoms with E-state index in [9.17, 15) is 0 Å². The molecular weight excluding hydrogens is 258 g/mol. The lowest BCUT2D eigenvalue weighted by Gasteiger charge is -2.30. The van der Waals surface area contributed by atoms with Gasteiger partial charge in [0.05, 0.1) is 11.7 Å². The number of rotatable bonds is 4. The number of benzene rings is 1. The second-order valence-corrected chi connectivity index (χ2v) is 6.07. The molecule has 2 aromatic rings. The lowest BCUT2D eigenvalue weighted by Crippen LogP contribution is -2.31. The summed E-state index contributed by atoms with van der Waals surface area (Å²) < 4.78 is 0. The zero-order valence-electron chi connectivity index (χ0n) is 12.8. The van der Waals surface area contributed by atoms with Gasteiger partial charge in [-0.2, -0.15) is 0 Å². The Kier molecular flexibility index (Phi) is 4.04. The molecule has 1 atom stereocenters. The standard InChI is InChI=1S/C18H23N3/c1-12-10-13(2)17(20-11-12)18(21-19)16-9-4-3-8-15(16)14-6-5-7-14/h3-4,8-11,14,18,21H,5-7,19H2,1-2H3. The molecule has 3 nitrogen and oxygen atoms in total. The second kappa shape index (κ2) is 5.96. The summed E-state index contributed by atoms with van der Waals surface area (Å²) in [6.45, 7) is 4.17. The summed E-state index contributed by atoms with van der Waals surface area (Å²) in [5.74, 6) is 6.57. The van der Waals surface area contributed by atoms with Gasteiger partial charge in [0.25, 0.3) is 0 Å². The Labute approximate surface area is 126 Å². The normalized spacial score (nSPS) is 16.5. The predicted molar refractivity (Wildman–Crippen MR) is 85.9 cm³/mol. The van der Waals surface area contributed by atoms with Crippen molar-refractivity contribution in [1.29, 1.82) is 0 Å². The van der Waals surface area contributed by atoms with Gasteiger partial charge >= 0.3 is 0 Å². The quantitative estimate of drug-likeness (QED) is 0.666. The van der Waals surface area contributed by atoms with Crippen LogP contribution in [0.1, 0.15) is 59.2 Å². The fourth-order valence-corrected chi connectivity index (χ4v) is 3.21. The summed E-state index contributed by atoms with van der Waals surface area (Å²) in [4.78, 5) is 4.63. The zero-order chi connectivity index (χ0) is 14.8. The van der Waals surface area contributed by atoms with Crippen LogP contribution in [0.5, 0.6) is 0 Å².